The van der Waals surface area contributed by atoms with Gasteiger partial charge in [0, 0.05) is 35.2 Å². The van der Waals surface area contributed by atoms with Crippen molar-refractivity contribution in [3.8, 4) is 0 Å². The Labute approximate surface area is 159 Å². The fourth-order valence-electron chi connectivity index (χ4n) is 3.17. The van der Waals surface area contributed by atoms with Crippen LogP contribution in [-0.2, 0) is 4.79 Å². The summed E-state index contributed by atoms with van der Waals surface area (Å²) in [6, 6.07) is 15.5. The van der Waals surface area contributed by atoms with E-state index in [-0.39, 0.29) is 17.7 Å². The molecule has 1 fully saturated rings. The van der Waals surface area contributed by atoms with Crippen LogP contribution in [0.4, 0.5) is 5.69 Å². The summed E-state index contributed by atoms with van der Waals surface area (Å²) >= 11 is 1.65. The fourth-order valence-corrected chi connectivity index (χ4v) is 3.63. The zero-order valence-electron chi connectivity index (χ0n) is 15.2. The zero-order chi connectivity index (χ0) is 18.5. The summed E-state index contributed by atoms with van der Waals surface area (Å²) in [5.41, 5.74) is 2.69. The van der Waals surface area contributed by atoms with Gasteiger partial charge in [0.1, 0.15) is 0 Å². The molecule has 1 heterocycles. The molecule has 136 valence electrons. The van der Waals surface area contributed by atoms with Crippen molar-refractivity contribution in [3.05, 3.63) is 59.7 Å². The summed E-state index contributed by atoms with van der Waals surface area (Å²) in [4.78, 5) is 28.1. The Kier molecular flexibility index (Phi) is 5.99. The Balaban J connectivity index is 1.55. The number of carbonyl (C=O) groups excluding carboxylic acids is 2. The van der Waals surface area contributed by atoms with Crippen LogP contribution in [0.15, 0.2) is 53.4 Å². The highest BCUT2D eigenvalue weighted by molar-refractivity contribution is 7.98. The molecule has 4 nitrogen and oxygen atoms in total. The van der Waals surface area contributed by atoms with Crippen molar-refractivity contribution in [2.75, 3.05) is 24.7 Å². The van der Waals surface area contributed by atoms with Crippen molar-refractivity contribution in [1.29, 1.82) is 0 Å². The molecule has 2 amide bonds. The topological polar surface area (TPSA) is 49.4 Å². The second kappa shape index (κ2) is 8.41. The van der Waals surface area contributed by atoms with Gasteiger partial charge in [-0.3, -0.25) is 9.59 Å². The number of nitrogens with zero attached hydrogens (tertiary/aromatic N) is 1. The maximum Gasteiger partial charge on any atom is 0.253 e. The third-order valence-corrected chi connectivity index (χ3v) is 5.51. The Morgan fingerprint density at radius 3 is 2.42 bits per heavy atom. The Morgan fingerprint density at radius 1 is 1.08 bits per heavy atom. The lowest BCUT2D eigenvalue weighted by Gasteiger charge is -2.31. The monoisotopic (exact) mass is 368 g/mol. The molecule has 1 aliphatic heterocycles. The normalized spacial score (nSPS) is 14.9. The summed E-state index contributed by atoms with van der Waals surface area (Å²) in [7, 11) is 0. The molecule has 0 saturated carbocycles. The molecular weight excluding hydrogens is 344 g/mol. The van der Waals surface area contributed by atoms with E-state index in [0.29, 0.717) is 31.5 Å². The molecule has 0 radical (unpaired) electrons. The van der Waals surface area contributed by atoms with Crippen LogP contribution in [-0.4, -0.2) is 36.1 Å². The lowest BCUT2D eigenvalue weighted by molar-refractivity contribution is -0.121. The molecule has 2 aromatic rings. The molecule has 5 heteroatoms. The number of rotatable bonds is 4. The van der Waals surface area contributed by atoms with Crippen molar-refractivity contribution in [2.24, 2.45) is 5.92 Å². The van der Waals surface area contributed by atoms with E-state index in [4.69, 9.17) is 0 Å². The van der Waals surface area contributed by atoms with E-state index in [0.717, 1.165) is 16.1 Å². The van der Waals surface area contributed by atoms with E-state index in [1.54, 1.807) is 11.8 Å². The molecule has 3 rings (SSSR count). The number of thioether (sulfide) groups is 1. The van der Waals surface area contributed by atoms with Crippen LogP contribution in [0.3, 0.4) is 0 Å². The van der Waals surface area contributed by atoms with Crippen LogP contribution in [0.1, 0.15) is 28.8 Å². The quantitative estimate of drug-likeness (QED) is 0.823. The number of benzene rings is 2. The number of carbonyl (C=O) groups is 2. The van der Waals surface area contributed by atoms with Crippen LogP contribution in [0, 0.1) is 12.8 Å². The third-order valence-electron chi connectivity index (χ3n) is 4.79. The number of piperidine rings is 1. The van der Waals surface area contributed by atoms with Crippen LogP contribution in [0.2, 0.25) is 0 Å². The molecule has 2 aromatic carbocycles. The third kappa shape index (κ3) is 4.47. The van der Waals surface area contributed by atoms with Gasteiger partial charge in [-0.25, -0.2) is 0 Å². The van der Waals surface area contributed by atoms with E-state index in [2.05, 4.69) is 5.32 Å². The predicted octanol–water partition coefficient (Wildman–Crippen LogP) is 4.21. The summed E-state index contributed by atoms with van der Waals surface area (Å²) < 4.78 is 0. The van der Waals surface area contributed by atoms with Crippen molar-refractivity contribution < 1.29 is 9.59 Å². The first-order valence-corrected chi connectivity index (χ1v) is 10.1. The highest BCUT2D eigenvalue weighted by Gasteiger charge is 2.27. The van der Waals surface area contributed by atoms with Crippen LogP contribution >= 0.6 is 11.8 Å². The van der Waals surface area contributed by atoms with Gasteiger partial charge in [0.15, 0.2) is 0 Å². The van der Waals surface area contributed by atoms with Crippen molar-refractivity contribution in [1.82, 2.24) is 4.90 Å². The van der Waals surface area contributed by atoms with Crippen molar-refractivity contribution >= 4 is 29.3 Å². The predicted molar refractivity (Wildman–Crippen MR) is 107 cm³/mol. The minimum Gasteiger partial charge on any atom is -0.339 e. The molecule has 0 spiro atoms. The molecule has 0 aliphatic carbocycles. The van der Waals surface area contributed by atoms with Gasteiger partial charge < -0.3 is 10.2 Å². The summed E-state index contributed by atoms with van der Waals surface area (Å²) in [5, 5.41) is 3.01. The molecule has 0 unspecified atom stereocenters. The molecule has 1 saturated heterocycles. The Hall–Kier alpha value is -2.27. The standard InChI is InChI=1S/C21H24N2O2S/c1-15-6-8-17(9-7-15)21(25)23-12-10-16(11-13-23)20(24)22-18-4-3-5-19(14-18)26-2/h3-9,14,16H,10-13H2,1-2H3,(H,22,24). The van der Waals surface area contributed by atoms with Gasteiger partial charge in [0.25, 0.3) is 5.91 Å². The van der Waals surface area contributed by atoms with Gasteiger partial charge in [0.2, 0.25) is 5.91 Å². The van der Waals surface area contributed by atoms with Crippen LogP contribution < -0.4 is 5.32 Å². The minimum atomic E-state index is -0.0463. The Bertz CT molecular complexity index is 781. The molecule has 0 atom stereocenters. The molecule has 26 heavy (non-hydrogen) atoms. The number of aryl methyl sites for hydroxylation is 1. The van der Waals surface area contributed by atoms with E-state index >= 15 is 0 Å². The van der Waals surface area contributed by atoms with Crippen LogP contribution in [0.5, 0.6) is 0 Å². The molecule has 0 aromatic heterocycles. The largest absolute Gasteiger partial charge is 0.339 e. The first kappa shape index (κ1) is 18.5. The van der Waals surface area contributed by atoms with Gasteiger partial charge in [-0.2, -0.15) is 0 Å². The van der Waals surface area contributed by atoms with Gasteiger partial charge in [-0.1, -0.05) is 23.8 Å². The summed E-state index contributed by atoms with van der Waals surface area (Å²) in [5.74, 6) is 0.0530. The van der Waals surface area contributed by atoms with Gasteiger partial charge in [-0.05, 0) is 56.4 Å². The van der Waals surface area contributed by atoms with Crippen molar-refractivity contribution in [2.45, 2.75) is 24.7 Å². The SMILES string of the molecule is CSc1cccc(NC(=O)C2CCN(C(=O)c3ccc(C)cc3)CC2)c1. The van der Waals surface area contributed by atoms with Gasteiger partial charge in [0.05, 0.1) is 0 Å². The highest BCUT2D eigenvalue weighted by atomic mass is 32.2. The molecular formula is C21H24N2O2S. The van der Waals surface area contributed by atoms with E-state index < -0.39 is 0 Å². The number of anilines is 1. The average molecular weight is 369 g/mol. The Morgan fingerprint density at radius 2 is 1.77 bits per heavy atom. The summed E-state index contributed by atoms with van der Waals surface area (Å²) in [6.45, 7) is 3.25. The number of hydrogen-bond acceptors (Lipinski definition) is 3. The number of amides is 2. The number of likely N-dealkylation sites (tertiary alicyclic amines) is 1. The maximum absolute atomic E-state index is 12.6. The van der Waals surface area contributed by atoms with Crippen LogP contribution in [0.25, 0.3) is 0 Å². The first-order chi connectivity index (χ1) is 12.6. The molecule has 0 bridgehead atoms. The van der Waals surface area contributed by atoms with E-state index in [1.807, 2.05) is 66.6 Å². The lowest BCUT2D eigenvalue weighted by Crippen LogP contribution is -2.41. The molecule has 1 N–H and O–H groups in total. The summed E-state index contributed by atoms with van der Waals surface area (Å²) in [6.07, 6.45) is 3.42. The van der Waals surface area contributed by atoms with E-state index in [9.17, 15) is 9.59 Å². The van der Waals surface area contributed by atoms with Crippen molar-refractivity contribution in [3.63, 3.8) is 0 Å². The fraction of sp³-hybridized carbons (Fsp3) is 0.333. The average Bonchev–Trinajstić information content (AvgIpc) is 2.68. The number of hydrogen-bond donors (Lipinski definition) is 1. The molecule has 1 aliphatic rings. The highest BCUT2D eigenvalue weighted by Crippen LogP contribution is 2.23. The minimum absolute atomic E-state index is 0.0463. The van der Waals surface area contributed by atoms with E-state index in [1.165, 1.54) is 0 Å². The first-order valence-electron chi connectivity index (χ1n) is 8.87. The second-order valence-electron chi connectivity index (χ2n) is 6.65. The number of nitrogens with one attached hydrogen (secondary N) is 1. The smallest absolute Gasteiger partial charge is 0.253 e. The maximum atomic E-state index is 12.6. The van der Waals surface area contributed by atoms with Gasteiger partial charge >= 0.3 is 0 Å². The zero-order valence-corrected chi connectivity index (χ0v) is 16.0. The van der Waals surface area contributed by atoms with Gasteiger partial charge in [-0.15, -0.1) is 11.8 Å². The second-order valence-corrected chi connectivity index (χ2v) is 7.53. The lowest BCUT2D eigenvalue weighted by atomic mass is 9.95.